The van der Waals surface area contributed by atoms with E-state index in [0.717, 1.165) is 0 Å². The number of nitrogens with one attached hydrogen (secondary N) is 1. The Hall–Kier alpha value is -2.18. The molecule has 0 radical (unpaired) electrons. The van der Waals surface area contributed by atoms with Gasteiger partial charge in [-0.3, -0.25) is 14.6 Å². The van der Waals surface area contributed by atoms with Crippen LogP contribution in [-0.4, -0.2) is 19.7 Å². The summed E-state index contributed by atoms with van der Waals surface area (Å²) in [4.78, 5) is 29.3. The van der Waals surface area contributed by atoms with Gasteiger partial charge >= 0.3 is 0 Å². The number of rotatable bonds is 0. The summed E-state index contributed by atoms with van der Waals surface area (Å²) >= 11 is 0. The molecule has 0 atom stereocenters. The predicted molar refractivity (Wildman–Crippen MR) is 54.5 cm³/mol. The first kappa shape index (κ1) is 9.38. The van der Waals surface area contributed by atoms with Crippen molar-refractivity contribution in [3.05, 3.63) is 26.3 Å². The molecule has 0 aliphatic carbocycles. The van der Waals surface area contributed by atoms with E-state index in [1.54, 1.807) is 7.05 Å². The molecule has 0 aliphatic rings. The molecule has 0 fully saturated rings. The first-order valence-electron chi connectivity index (χ1n) is 4.24. The van der Waals surface area contributed by atoms with E-state index >= 15 is 0 Å². The van der Waals surface area contributed by atoms with Crippen molar-refractivity contribution in [2.24, 2.45) is 7.05 Å². The monoisotopic (exact) mass is 207 g/mol. The number of nitrogens with zero attached hydrogens (tertiary/aromatic N) is 3. The van der Waals surface area contributed by atoms with E-state index in [4.69, 9.17) is 5.73 Å². The molecule has 0 amide bonds. The second-order valence-electron chi connectivity index (χ2n) is 3.19. The number of anilines is 1. The molecular weight excluding hydrogens is 198 g/mol. The van der Waals surface area contributed by atoms with E-state index in [2.05, 4.69) is 15.1 Å². The summed E-state index contributed by atoms with van der Waals surface area (Å²) in [5, 5.41) is 3.90. The summed E-state index contributed by atoms with van der Waals surface area (Å²) in [6, 6.07) is 0. The lowest BCUT2D eigenvalue weighted by atomic mass is 10.3. The normalized spacial score (nSPS) is 10.8. The fraction of sp³-hybridized carbons (Fsp3) is 0.250. The van der Waals surface area contributed by atoms with Crippen molar-refractivity contribution in [2.45, 2.75) is 6.92 Å². The number of nitrogen functional groups attached to an aromatic ring is 1. The molecule has 0 aliphatic heterocycles. The van der Waals surface area contributed by atoms with Crippen LogP contribution in [0.4, 0.5) is 5.95 Å². The number of aromatic nitrogens is 4. The first-order chi connectivity index (χ1) is 7.00. The number of nitrogens with two attached hydrogens (primary N) is 1. The summed E-state index contributed by atoms with van der Waals surface area (Å²) in [5.41, 5.74) is 4.85. The lowest BCUT2D eigenvalue weighted by Crippen LogP contribution is -2.24. The molecule has 0 bridgehead atoms. The van der Waals surface area contributed by atoms with Gasteiger partial charge in [0.25, 0.3) is 5.56 Å². The number of hydrogen-bond acceptors (Lipinski definition) is 5. The number of hydrogen-bond donors (Lipinski definition) is 2. The molecule has 7 heteroatoms. The van der Waals surface area contributed by atoms with Gasteiger partial charge < -0.3 is 5.73 Å². The van der Waals surface area contributed by atoms with Crippen LogP contribution < -0.4 is 16.7 Å². The largest absolute Gasteiger partial charge is 0.369 e. The summed E-state index contributed by atoms with van der Waals surface area (Å²) in [6.45, 7) is 1.54. The molecule has 2 heterocycles. The standard InChI is InChI=1S/C8H9N5O2/c1-3-5(14)4-6(13(2)12-3)10-8(9)11-7(4)15/h1-2H3,(H3,9,10,11,15). The van der Waals surface area contributed by atoms with Gasteiger partial charge in [0.05, 0.1) is 0 Å². The van der Waals surface area contributed by atoms with E-state index in [9.17, 15) is 9.59 Å². The molecular formula is C8H9N5O2. The molecule has 78 valence electrons. The third-order valence-corrected chi connectivity index (χ3v) is 2.08. The Bertz CT molecular complexity index is 654. The Kier molecular flexibility index (Phi) is 1.82. The number of H-pyrrole nitrogens is 1. The lowest BCUT2D eigenvalue weighted by Gasteiger charge is -2.03. The van der Waals surface area contributed by atoms with Gasteiger partial charge in [0, 0.05) is 7.05 Å². The summed E-state index contributed by atoms with van der Waals surface area (Å²) in [7, 11) is 1.60. The highest BCUT2D eigenvalue weighted by molar-refractivity contribution is 5.74. The maximum atomic E-state index is 11.6. The van der Waals surface area contributed by atoms with Gasteiger partial charge in [-0.1, -0.05) is 0 Å². The highest BCUT2D eigenvalue weighted by Gasteiger charge is 2.11. The average Bonchev–Trinajstić information content (AvgIpc) is 2.13. The highest BCUT2D eigenvalue weighted by Crippen LogP contribution is 2.01. The van der Waals surface area contributed by atoms with Gasteiger partial charge in [0.1, 0.15) is 11.1 Å². The van der Waals surface area contributed by atoms with Crippen molar-refractivity contribution in [3.63, 3.8) is 0 Å². The fourth-order valence-corrected chi connectivity index (χ4v) is 1.42. The van der Waals surface area contributed by atoms with Crippen LogP contribution in [0.2, 0.25) is 0 Å². The number of fused-ring (bicyclic) bond motifs is 1. The molecule has 0 saturated heterocycles. The van der Waals surface area contributed by atoms with E-state index in [1.165, 1.54) is 11.6 Å². The average molecular weight is 207 g/mol. The molecule has 0 spiro atoms. The quantitative estimate of drug-likeness (QED) is 0.570. The van der Waals surface area contributed by atoms with E-state index < -0.39 is 11.0 Å². The Morgan fingerprint density at radius 1 is 1.40 bits per heavy atom. The molecule has 0 aromatic carbocycles. The predicted octanol–water partition coefficient (Wildman–Crippen LogP) is -1.09. The van der Waals surface area contributed by atoms with Gasteiger partial charge in [-0.25, -0.2) is 4.68 Å². The zero-order valence-electron chi connectivity index (χ0n) is 8.24. The van der Waals surface area contributed by atoms with Crippen molar-refractivity contribution in [1.29, 1.82) is 0 Å². The highest BCUT2D eigenvalue weighted by atomic mass is 16.1. The molecule has 0 unspecified atom stereocenters. The Morgan fingerprint density at radius 3 is 2.73 bits per heavy atom. The van der Waals surface area contributed by atoms with Crippen molar-refractivity contribution < 1.29 is 0 Å². The Balaban J connectivity index is 3.17. The van der Waals surface area contributed by atoms with Gasteiger partial charge in [0.2, 0.25) is 11.4 Å². The molecule has 7 nitrogen and oxygen atoms in total. The fourth-order valence-electron chi connectivity index (χ4n) is 1.42. The van der Waals surface area contributed by atoms with Crippen LogP contribution in [0.25, 0.3) is 11.0 Å². The van der Waals surface area contributed by atoms with Crippen LogP contribution >= 0.6 is 0 Å². The first-order valence-corrected chi connectivity index (χ1v) is 4.24. The minimum Gasteiger partial charge on any atom is -0.369 e. The minimum atomic E-state index is -0.538. The third-order valence-electron chi connectivity index (χ3n) is 2.08. The molecule has 15 heavy (non-hydrogen) atoms. The number of aromatic amines is 1. The summed E-state index contributed by atoms with van der Waals surface area (Å²) in [5.74, 6) is -0.0341. The molecule has 0 saturated carbocycles. The molecule has 2 aromatic rings. The SMILES string of the molecule is Cc1nn(C)c2nc(N)[nH]c(=O)c2c1=O. The smallest absolute Gasteiger partial charge is 0.265 e. The van der Waals surface area contributed by atoms with Crippen LogP contribution in [0.15, 0.2) is 9.59 Å². The van der Waals surface area contributed by atoms with Crippen LogP contribution in [0, 0.1) is 6.92 Å². The van der Waals surface area contributed by atoms with Crippen LogP contribution in [0.5, 0.6) is 0 Å². The van der Waals surface area contributed by atoms with Crippen LogP contribution in [-0.2, 0) is 7.05 Å². The Labute approximate surface area is 83.6 Å². The van der Waals surface area contributed by atoms with Crippen LogP contribution in [0.3, 0.4) is 0 Å². The van der Waals surface area contributed by atoms with E-state index in [-0.39, 0.29) is 22.7 Å². The minimum absolute atomic E-state index is 0.0146. The number of aryl methyl sites for hydroxylation is 2. The van der Waals surface area contributed by atoms with Crippen molar-refractivity contribution in [2.75, 3.05) is 5.73 Å². The lowest BCUT2D eigenvalue weighted by molar-refractivity contribution is 0.741. The Morgan fingerprint density at radius 2 is 2.07 bits per heavy atom. The van der Waals surface area contributed by atoms with Gasteiger partial charge in [0.15, 0.2) is 5.65 Å². The second-order valence-corrected chi connectivity index (χ2v) is 3.19. The molecule has 2 rings (SSSR count). The maximum absolute atomic E-state index is 11.6. The van der Waals surface area contributed by atoms with Gasteiger partial charge in [-0.2, -0.15) is 10.1 Å². The van der Waals surface area contributed by atoms with Crippen LogP contribution in [0.1, 0.15) is 5.69 Å². The zero-order chi connectivity index (χ0) is 11.2. The zero-order valence-corrected chi connectivity index (χ0v) is 8.24. The topological polar surface area (TPSA) is 107 Å². The molecule has 3 N–H and O–H groups in total. The maximum Gasteiger partial charge on any atom is 0.265 e. The van der Waals surface area contributed by atoms with Crippen molar-refractivity contribution in [1.82, 2.24) is 19.7 Å². The molecule has 2 aromatic heterocycles. The van der Waals surface area contributed by atoms with E-state index in [0.29, 0.717) is 0 Å². The van der Waals surface area contributed by atoms with Gasteiger partial charge in [-0.15, -0.1) is 0 Å². The second kappa shape index (κ2) is 2.91. The van der Waals surface area contributed by atoms with Crippen molar-refractivity contribution >= 4 is 17.0 Å². The van der Waals surface area contributed by atoms with E-state index in [1.807, 2.05) is 0 Å². The van der Waals surface area contributed by atoms with Crippen molar-refractivity contribution in [3.8, 4) is 0 Å². The summed E-state index contributed by atoms with van der Waals surface area (Å²) in [6.07, 6.45) is 0. The summed E-state index contributed by atoms with van der Waals surface area (Å²) < 4.78 is 1.36. The third kappa shape index (κ3) is 1.28. The van der Waals surface area contributed by atoms with Gasteiger partial charge in [-0.05, 0) is 6.92 Å².